The van der Waals surface area contributed by atoms with Crippen molar-refractivity contribution in [2.45, 2.75) is 25.8 Å². The molecule has 17 heavy (non-hydrogen) atoms. The highest BCUT2D eigenvalue weighted by molar-refractivity contribution is 5.25. The van der Waals surface area contributed by atoms with Crippen molar-refractivity contribution in [3.63, 3.8) is 0 Å². The fraction of sp³-hybridized carbons (Fsp3) is 0.250. The molecule has 88 valence electrons. The molecule has 3 N–H and O–H groups in total. The van der Waals surface area contributed by atoms with E-state index in [4.69, 9.17) is 0 Å². The van der Waals surface area contributed by atoms with Crippen LogP contribution in [0.25, 0.3) is 0 Å². The summed E-state index contributed by atoms with van der Waals surface area (Å²) in [5, 5.41) is 0. The Morgan fingerprint density at radius 3 is 1.88 bits per heavy atom. The number of rotatable bonds is 4. The number of aryl methyl sites for hydroxylation is 2. The molecule has 1 heteroatoms. The molecule has 0 aliphatic carbocycles. The first-order valence-electron chi connectivity index (χ1n) is 6.21. The molecule has 0 aromatic heterocycles. The second kappa shape index (κ2) is 5.65. The molecule has 0 saturated carbocycles. The molecule has 0 spiro atoms. The van der Waals surface area contributed by atoms with Gasteiger partial charge in [-0.15, -0.1) is 0 Å². The van der Waals surface area contributed by atoms with E-state index in [0.29, 0.717) is 6.04 Å². The monoisotopic (exact) mass is 226 g/mol. The Morgan fingerprint density at radius 2 is 1.35 bits per heavy atom. The van der Waals surface area contributed by atoms with Gasteiger partial charge in [0.15, 0.2) is 0 Å². The van der Waals surface area contributed by atoms with Crippen LogP contribution in [0.2, 0.25) is 0 Å². The first-order chi connectivity index (χ1) is 8.25. The van der Waals surface area contributed by atoms with Crippen molar-refractivity contribution in [3.05, 3.63) is 71.3 Å². The van der Waals surface area contributed by atoms with Gasteiger partial charge in [0, 0.05) is 5.56 Å². The van der Waals surface area contributed by atoms with Crippen LogP contribution in [0.3, 0.4) is 0 Å². The third-order valence-electron chi connectivity index (χ3n) is 3.09. The average molecular weight is 226 g/mol. The molecule has 0 radical (unpaired) electrons. The van der Waals surface area contributed by atoms with Crippen molar-refractivity contribution in [1.82, 2.24) is 0 Å². The maximum atomic E-state index is 4.03. The van der Waals surface area contributed by atoms with Gasteiger partial charge < -0.3 is 5.73 Å². The number of hydrogen-bond acceptors (Lipinski definition) is 0. The van der Waals surface area contributed by atoms with Crippen molar-refractivity contribution in [2.24, 2.45) is 0 Å². The van der Waals surface area contributed by atoms with Gasteiger partial charge >= 0.3 is 0 Å². The van der Waals surface area contributed by atoms with Crippen LogP contribution in [-0.2, 0) is 12.8 Å². The minimum absolute atomic E-state index is 0.373. The number of quaternary nitrogens is 1. The van der Waals surface area contributed by atoms with Crippen LogP contribution in [0.4, 0.5) is 0 Å². The van der Waals surface area contributed by atoms with Gasteiger partial charge in [0.2, 0.25) is 0 Å². The highest BCUT2D eigenvalue weighted by Gasteiger charge is 2.01. The van der Waals surface area contributed by atoms with Gasteiger partial charge in [-0.25, -0.2) is 0 Å². The zero-order valence-electron chi connectivity index (χ0n) is 10.4. The summed E-state index contributed by atoms with van der Waals surface area (Å²) in [7, 11) is 0. The Balaban J connectivity index is 1.96. The molecule has 0 amide bonds. The predicted molar refractivity (Wildman–Crippen MR) is 71.6 cm³/mol. The number of benzene rings is 2. The van der Waals surface area contributed by atoms with Crippen LogP contribution in [-0.4, -0.2) is 0 Å². The Kier molecular flexibility index (Phi) is 3.94. The molecule has 0 saturated heterocycles. The van der Waals surface area contributed by atoms with Crippen LogP contribution in [0.1, 0.15) is 29.7 Å². The summed E-state index contributed by atoms with van der Waals surface area (Å²) in [6.07, 6.45) is 2.22. The normalized spacial score (nSPS) is 12.4. The first-order valence-corrected chi connectivity index (χ1v) is 6.21. The molecule has 1 nitrogen and oxygen atoms in total. The smallest absolute Gasteiger partial charge is 0.107 e. The standard InChI is InChI=1S/C16H19N/c1-13(17)16-11-9-15(10-12-16)8-7-14-5-3-2-4-6-14/h2-6,9-13H,7-8,17H2,1H3/p+1/t13-/m0/s1. The van der Waals surface area contributed by atoms with Crippen LogP contribution >= 0.6 is 0 Å². The fourth-order valence-corrected chi connectivity index (χ4v) is 1.95. The molecule has 0 bridgehead atoms. The largest absolute Gasteiger partial charge is 0.352 e. The summed E-state index contributed by atoms with van der Waals surface area (Å²) >= 11 is 0. The van der Waals surface area contributed by atoms with Gasteiger partial charge in [0.25, 0.3) is 0 Å². The van der Waals surface area contributed by atoms with Crippen LogP contribution in [0, 0.1) is 0 Å². The van der Waals surface area contributed by atoms with Crippen molar-refractivity contribution in [3.8, 4) is 0 Å². The molecular formula is C16H20N+. The lowest BCUT2D eigenvalue weighted by molar-refractivity contribution is -0.420. The zero-order chi connectivity index (χ0) is 12.1. The molecule has 0 fully saturated rings. The van der Waals surface area contributed by atoms with Crippen molar-refractivity contribution >= 4 is 0 Å². The van der Waals surface area contributed by atoms with E-state index in [1.807, 2.05) is 0 Å². The Hall–Kier alpha value is -1.60. The fourth-order valence-electron chi connectivity index (χ4n) is 1.95. The Bertz CT molecular complexity index is 443. The van der Waals surface area contributed by atoms with Gasteiger partial charge in [-0.2, -0.15) is 0 Å². The lowest BCUT2D eigenvalue weighted by Crippen LogP contribution is -2.51. The van der Waals surface area contributed by atoms with Crippen LogP contribution in [0.5, 0.6) is 0 Å². The maximum Gasteiger partial charge on any atom is 0.107 e. The highest BCUT2D eigenvalue weighted by atomic mass is 14.6. The van der Waals surface area contributed by atoms with Gasteiger partial charge in [-0.1, -0.05) is 54.6 Å². The summed E-state index contributed by atoms with van der Waals surface area (Å²) in [5.41, 5.74) is 8.15. The lowest BCUT2D eigenvalue weighted by Gasteiger charge is -2.05. The van der Waals surface area contributed by atoms with Gasteiger partial charge in [0.05, 0.1) is 0 Å². The maximum absolute atomic E-state index is 4.03. The molecule has 0 aliphatic rings. The highest BCUT2D eigenvalue weighted by Crippen LogP contribution is 2.12. The van der Waals surface area contributed by atoms with E-state index in [1.165, 1.54) is 16.7 Å². The van der Waals surface area contributed by atoms with Gasteiger partial charge in [-0.3, -0.25) is 0 Å². The minimum atomic E-state index is 0.373. The third kappa shape index (κ3) is 3.43. The molecule has 2 aromatic rings. The van der Waals surface area contributed by atoms with E-state index >= 15 is 0 Å². The molecule has 2 aromatic carbocycles. The third-order valence-corrected chi connectivity index (χ3v) is 3.09. The van der Waals surface area contributed by atoms with Crippen molar-refractivity contribution in [1.29, 1.82) is 0 Å². The summed E-state index contributed by atoms with van der Waals surface area (Å²) in [6.45, 7) is 2.12. The quantitative estimate of drug-likeness (QED) is 0.830. The van der Waals surface area contributed by atoms with Crippen molar-refractivity contribution < 1.29 is 5.73 Å². The van der Waals surface area contributed by atoms with E-state index in [2.05, 4.69) is 67.3 Å². The Labute approximate surface area is 103 Å². The first kappa shape index (κ1) is 11.9. The second-order valence-corrected chi connectivity index (χ2v) is 4.63. The summed E-state index contributed by atoms with van der Waals surface area (Å²) in [6, 6.07) is 19.8. The summed E-state index contributed by atoms with van der Waals surface area (Å²) < 4.78 is 0. The van der Waals surface area contributed by atoms with E-state index in [-0.39, 0.29) is 0 Å². The molecule has 1 atom stereocenters. The van der Waals surface area contributed by atoms with Crippen molar-refractivity contribution in [2.75, 3.05) is 0 Å². The minimum Gasteiger partial charge on any atom is -0.352 e. The lowest BCUT2D eigenvalue weighted by atomic mass is 10.0. The van der Waals surface area contributed by atoms with E-state index in [1.54, 1.807) is 0 Å². The van der Waals surface area contributed by atoms with Crippen LogP contribution in [0.15, 0.2) is 54.6 Å². The van der Waals surface area contributed by atoms with E-state index in [9.17, 15) is 0 Å². The van der Waals surface area contributed by atoms with E-state index in [0.717, 1.165) is 12.8 Å². The molecule has 0 heterocycles. The molecule has 0 unspecified atom stereocenters. The number of hydrogen-bond donors (Lipinski definition) is 1. The van der Waals surface area contributed by atoms with Gasteiger partial charge in [0.1, 0.15) is 6.04 Å². The van der Waals surface area contributed by atoms with E-state index < -0.39 is 0 Å². The molecule has 2 rings (SSSR count). The molecular weight excluding hydrogens is 206 g/mol. The zero-order valence-corrected chi connectivity index (χ0v) is 10.4. The summed E-state index contributed by atoms with van der Waals surface area (Å²) in [4.78, 5) is 0. The molecule has 0 aliphatic heterocycles. The van der Waals surface area contributed by atoms with Crippen LogP contribution < -0.4 is 5.73 Å². The predicted octanol–water partition coefficient (Wildman–Crippen LogP) is 2.77. The SMILES string of the molecule is C[C@H]([NH3+])c1ccc(CCc2ccccc2)cc1. The average Bonchev–Trinajstić information content (AvgIpc) is 2.38. The van der Waals surface area contributed by atoms with Gasteiger partial charge in [-0.05, 0) is 30.9 Å². The summed E-state index contributed by atoms with van der Waals surface area (Å²) in [5.74, 6) is 0. The topological polar surface area (TPSA) is 27.6 Å². The Morgan fingerprint density at radius 1 is 0.824 bits per heavy atom. The second-order valence-electron chi connectivity index (χ2n) is 4.63.